The lowest BCUT2D eigenvalue weighted by molar-refractivity contribution is 0.0693. The summed E-state index contributed by atoms with van der Waals surface area (Å²) in [6.45, 7) is 0. The minimum absolute atomic E-state index is 0.153. The smallest absolute Gasteiger partial charge is 0.342 e. The van der Waals surface area contributed by atoms with Crippen LogP contribution in [0.5, 0.6) is 5.88 Å². The van der Waals surface area contributed by atoms with Gasteiger partial charge in [0.2, 0.25) is 12.2 Å². The van der Waals surface area contributed by atoms with Crippen LogP contribution in [0.3, 0.4) is 0 Å². The third-order valence-corrected chi connectivity index (χ3v) is 2.02. The average Bonchev–Trinajstić information content (AvgIpc) is 2.32. The fourth-order valence-electron chi connectivity index (χ4n) is 0.715. The van der Waals surface area contributed by atoms with Gasteiger partial charge in [0.25, 0.3) is 0 Å². The molecule has 0 fully saturated rings. The van der Waals surface area contributed by atoms with Crippen molar-refractivity contribution in [3.63, 3.8) is 0 Å². The van der Waals surface area contributed by atoms with Crippen LogP contribution in [0.1, 0.15) is 15.2 Å². The predicted molar refractivity (Wildman–Crippen MR) is 40.1 cm³/mol. The van der Waals surface area contributed by atoms with Crippen molar-refractivity contribution >= 4 is 23.8 Å². The zero-order valence-electron chi connectivity index (χ0n) is 5.77. The van der Waals surface area contributed by atoms with Gasteiger partial charge in [0.05, 0.1) is 11.3 Å². The van der Waals surface area contributed by atoms with Gasteiger partial charge in [0.15, 0.2) is 0 Å². The van der Waals surface area contributed by atoms with E-state index in [1.807, 2.05) is 0 Å². The summed E-state index contributed by atoms with van der Waals surface area (Å²) in [7, 11) is 0. The minimum Gasteiger partial charge on any atom is -0.492 e. The van der Waals surface area contributed by atoms with Crippen LogP contribution in [0.15, 0.2) is 0 Å². The van der Waals surface area contributed by atoms with Crippen molar-refractivity contribution < 1.29 is 19.8 Å². The van der Waals surface area contributed by atoms with Gasteiger partial charge in [-0.15, -0.1) is 0 Å². The molecule has 0 saturated carbocycles. The molecule has 6 heteroatoms. The first-order chi connectivity index (χ1) is 5.66. The molecule has 2 N–H and O–H groups in total. The quantitative estimate of drug-likeness (QED) is 0.704. The molecule has 0 saturated heterocycles. The maximum atomic E-state index is 10.5. The van der Waals surface area contributed by atoms with E-state index in [0.717, 1.165) is 11.5 Å². The number of carbonyl (C=O) groups is 1. The van der Waals surface area contributed by atoms with E-state index in [4.69, 9.17) is 10.2 Å². The number of nitrogens with zero attached hydrogens (tertiary/aromatic N) is 1. The Morgan fingerprint density at radius 1 is 1.67 bits per heavy atom. The number of aromatic nitrogens is 1. The number of hydrogen-bond acceptors (Lipinski definition) is 5. The molecule has 0 spiro atoms. The summed E-state index contributed by atoms with van der Waals surface area (Å²) in [5.74, 6) is -1.83. The highest BCUT2D eigenvalue weighted by Crippen LogP contribution is 2.23. The lowest BCUT2D eigenvalue weighted by Crippen LogP contribution is -1.99. The number of aromatic carboxylic acids is 1. The Hall–Kier alpha value is -1.43. The molecule has 0 atom stereocenters. The van der Waals surface area contributed by atoms with Crippen molar-refractivity contribution in [2.45, 2.75) is 6.42 Å². The summed E-state index contributed by atoms with van der Waals surface area (Å²) in [6.07, 6.45) is 1.39. The summed E-state index contributed by atoms with van der Waals surface area (Å²) in [5.41, 5.74) is -0.302. The lowest BCUT2D eigenvalue weighted by Gasteiger charge is -1.90. The molecule has 0 aliphatic heterocycles. The molecule has 0 amide bonds. The molecule has 0 aliphatic carbocycles. The molecule has 1 aromatic rings. The van der Waals surface area contributed by atoms with Gasteiger partial charge in [-0.3, -0.25) is 4.79 Å². The van der Waals surface area contributed by atoms with Gasteiger partial charge in [-0.1, -0.05) is 0 Å². The van der Waals surface area contributed by atoms with Gasteiger partial charge >= 0.3 is 5.97 Å². The normalized spacial score (nSPS) is 9.67. The minimum atomic E-state index is -1.29. The molecule has 1 heterocycles. The first-order valence-electron chi connectivity index (χ1n) is 2.92. The van der Waals surface area contributed by atoms with E-state index in [-0.39, 0.29) is 16.9 Å². The van der Waals surface area contributed by atoms with Crippen molar-refractivity contribution in [1.82, 2.24) is 4.37 Å². The first-order valence-corrected chi connectivity index (χ1v) is 3.70. The standard InChI is InChI=1S/C6H4NO4S/c8-2-1-3-4(6(10)11)5(9)7-12-3/h1H2,(H,7,9)(H,10,11). The molecule has 0 unspecified atom stereocenters. The highest BCUT2D eigenvalue weighted by atomic mass is 32.1. The Morgan fingerprint density at radius 2 is 2.33 bits per heavy atom. The molecule has 1 rings (SSSR count). The monoisotopic (exact) mass is 186 g/mol. The Kier molecular flexibility index (Phi) is 2.39. The molecule has 1 radical (unpaired) electrons. The Morgan fingerprint density at radius 3 is 2.83 bits per heavy atom. The van der Waals surface area contributed by atoms with Crippen molar-refractivity contribution in [2.24, 2.45) is 0 Å². The SMILES string of the molecule is O=[C]Cc1snc(O)c1C(=O)O. The molecule has 12 heavy (non-hydrogen) atoms. The lowest BCUT2D eigenvalue weighted by atomic mass is 10.2. The van der Waals surface area contributed by atoms with Crippen LogP contribution < -0.4 is 0 Å². The number of carboxylic acid groups (broad SMARTS) is 1. The van der Waals surface area contributed by atoms with Crippen molar-refractivity contribution in [3.8, 4) is 5.88 Å². The molecule has 63 valence electrons. The summed E-state index contributed by atoms with van der Waals surface area (Å²) < 4.78 is 3.39. The second kappa shape index (κ2) is 3.31. The van der Waals surface area contributed by atoms with E-state index in [1.54, 1.807) is 0 Å². The van der Waals surface area contributed by atoms with Gasteiger partial charge in [-0.2, -0.15) is 4.37 Å². The molecular weight excluding hydrogens is 182 g/mol. The molecular formula is C6H4NO4S. The molecule has 0 aliphatic rings. The molecule has 5 nitrogen and oxygen atoms in total. The van der Waals surface area contributed by atoms with Crippen molar-refractivity contribution in [1.29, 1.82) is 0 Å². The van der Waals surface area contributed by atoms with E-state index in [2.05, 4.69) is 4.37 Å². The Labute approximate surface area is 71.4 Å². The summed E-state index contributed by atoms with van der Waals surface area (Å²) in [5, 5.41) is 17.5. The van der Waals surface area contributed by atoms with Crippen molar-refractivity contribution in [3.05, 3.63) is 10.4 Å². The van der Waals surface area contributed by atoms with Gasteiger partial charge in [0, 0.05) is 0 Å². The van der Waals surface area contributed by atoms with Crippen LogP contribution in [-0.4, -0.2) is 26.8 Å². The Balaban J connectivity index is 3.11. The van der Waals surface area contributed by atoms with Crippen LogP contribution in [0.25, 0.3) is 0 Å². The van der Waals surface area contributed by atoms with Crippen LogP contribution in [0.2, 0.25) is 0 Å². The van der Waals surface area contributed by atoms with Crippen LogP contribution in [-0.2, 0) is 11.2 Å². The summed E-state index contributed by atoms with van der Waals surface area (Å²) in [6, 6.07) is 0. The van der Waals surface area contributed by atoms with Gasteiger partial charge < -0.3 is 10.2 Å². The van der Waals surface area contributed by atoms with E-state index >= 15 is 0 Å². The van der Waals surface area contributed by atoms with E-state index in [1.165, 1.54) is 6.29 Å². The van der Waals surface area contributed by atoms with E-state index in [0.29, 0.717) is 0 Å². The molecule has 0 bridgehead atoms. The second-order valence-corrected chi connectivity index (χ2v) is 2.79. The van der Waals surface area contributed by atoms with E-state index in [9.17, 15) is 9.59 Å². The first kappa shape index (κ1) is 8.66. The molecule has 1 aromatic heterocycles. The third-order valence-electron chi connectivity index (χ3n) is 1.19. The highest BCUT2D eigenvalue weighted by Gasteiger charge is 2.19. The zero-order valence-corrected chi connectivity index (χ0v) is 6.59. The number of rotatable bonds is 3. The van der Waals surface area contributed by atoms with Gasteiger partial charge in [-0.25, -0.2) is 4.79 Å². The zero-order chi connectivity index (χ0) is 9.14. The van der Waals surface area contributed by atoms with Gasteiger partial charge in [0.1, 0.15) is 5.56 Å². The second-order valence-electron chi connectivity index (χ2n) is 1.93. The fraction of sp³-hybridized carbons (Fsp3) is 0.167. The summed E-state index contributed by atoms with van der Waals surface area (Å²) in [4.78, 5) is 20.6. The highest BCUT2D eigenvalue weighted by molar-refractivity contribution is 7.06. The van der Waals surface area contributed by atoms with Crippen molar-refractivity contribution in [2.75, 3.05) is 0 Å². The fourth-order valence-corrected chi connectivity index (χ4v) is 1.40. The number of aromatic hydroxyl groups is 1. The maximum absolute atomic E-state index is 10.5. The number of carbonyl (C=O) groups excluding carboxylic acids is 1. The van der Waals surface area contributed by atoms with Crippen LogP contribution >= 0.6 is 11.5 Å². The number of hydrogen-bond donors (Lipinski definition) is 2. The largest absolute Gasteiger partial charge is 0.492 e. The van der Waals surface area contributed by atoms with E-state index < -0.39 is 11.8 Å². The Bertz CT molecular complexity index is 319. The summed E-state index contributed by atoms with van der Waals surface area (Å²) >= 11 is 0.786. The molecule has 0 aromatic carbocycles. The predicted octanol–water partition coefficient (Wildman–Crippen LogP) is 0.199. The number of carboxylic acids is 1. The van der Waals surface area contributed by atoms with Crippen LogP contribution in [0.4, 0.5) is 0 Å². The third kappa shape index (κ3) is 1.42. The average molecular weight is 186 g/mol. The van der Waals surface area contributed by atoms with Crippen LogP contribution in [0, 0.1) is 0 Å². The maximum Gasteiger partial charge on any atom is 0.342 e. The van der Waals surface area contributed by atoms with Gasteiger partial charge in [-0.05, 0) is 11.5 Å². The topological polar surface area (TPSA) is 87.5 Å².